The third-order valence-corrected chi connectivity index (χ3v) is 6.18. The van der Waals surface area contributed by atoms with E-state index in [4.69, 9.17) is 0 Å². The number of carbonyl (C=O) groups is 1. The lowest BCUT2D eigenvalue weighted by atomic mass is 9.73. The summed E-state index contributed by atoms with van der Waals surface area (Å²) < 4.78 is 1.72. The van der Waals surface area contributed by atoms with Crippen LogP contribution in [0.3, 0.4) is 0 Å². The lowest BCUT2D eigenvalue weighted by Gasteiger charge is -2.37. The molecular weight excluding hydrogens is 320 g/mol. The molecule has 1 saturated carbocycles. The van der Waals surface area contributed by atoms with Crippen LogP contribution in [0.5, 0.6) is 0 Å². The van der Waals surface area contributed by atoms with Gasteiger partial charge in [-0.1, -0.05) is 25.3 Å². The minimum Gasteiger partial charge on any atom is -0.354 e. The fourth-order valence-corrected chi connectivity index (χ4v) is 4.70. The zero-order chi connectivity index (χ0) is 17.0. The Morgan fingerprint density at radius 2 is 2.21 bits per heavy atom. The summed E-state index contributed by atoms with van der Waals surface area (Å²) in [6.07, 6.45) is 9.73. The van der Waals surface area contributed by atoms with Gasteiger partial charge < -0.3 is 10.6 Å². The Balaban J connectivity index is 1.71. The fraction of sp³-hybridized carbons (Fsp3) is 0.556. The maximum absolute atomic E-state index is 12.7. The molecule has 6 heteroatoms. The molecule has 130 valence electrons. The van der Waals surface area contributed by atoms with Gasteiger partial charge in [0.25, 0.3) is 0 Å². The number of nitrogens with one attached hydrogen (secondary N) is 2. The van der Waals surface area contributed by atoms with Crippen molar-refractivity contribution in [3.05, 3.63) is 40.3 Å². The normalized spacial score (nSPS) is 18.2. The number of aryl methyl sites for hydroxylation is 1. The van der Waals surface area contributed by atoms with Crippen molar-refractivity contribution < 1.29 is 4.79 Å². The summed E-state index contributed by atoms with van der Waals surface area (Å²) in [4.78, 5) is 14.1. The number of hydrogen-bond acceptors (Lipinski definition) is 4. The van der Waals surface area contributed by atoms with Gasteiger partial charge >= 0.3 is 0 Å². The molecule has 2 N–H and O–H groups in total. The first-order valence-corrected chi connectivity index (χ1v) is 9.50. The van der Waals surface area contributed by atoms with Crippen LogP contribution in [0.4, 0.5) is 0 Å². The summed E-state index contributed by atoms with van der Waals surface area (Å²) in [6.45, 7) is 0.713. The predicted molar refractivity (Wildman–Crippen MR) is 97.1 cm³/mol. The molecular formula is C18H26N4OS. The molecule has 1 amide bonds. The smallest absolute Gasteiger partial charge is 0.241 e. The number of nitrogens with zero attached hydrogens (tertiary/aromatic N) is 2. The Hall–Kier alpha value is -1.66. The second-order valence-electron chi connectivity index (χ2n) is 6.71. The zero-order valence-corrected chi connectivity index (χ0v) is 15.2. The summed E-state index contributed by atoms with van der Waals surface area (Å²) in [5.41, 5.74) is 1.00. The zero-order valence-electron chi connectivity index (χ0n) is 14.4. The van der Waals surface area contributed by atoms with E-state index in [1.807, 2.05) is 31.6 Å². The van der Waals surface area contributed by atoms with E-state index >= 15 is 0 Å². The Kier molecular flexibility index (Phi) is 5.36. The van der Waals surface area contributed by atoms with E-state index in [-0.39, 0.29) is 17.4 Å². The summed E-state index contributed by atoms with van der Waals surface area (Å²) in [5, 5.41) is 12.6. The first-order valence-electron chi connectivity index (χ1n) is 8.62. The number of carbonyl (C=O) groups excluding carboxylic acids is 1. The molecule has 0 aliphatic heterocycles. The average molecular weight is 347 g/mol. The standard InChI is InChI=1S/C18H26N4OS/c1-19-16(14-11-21-22(2)12-14)17(23)20-13-18(8-4-3-5-9-18)15-7-6-10-24-15/h6-7,10-12,16,19H,3-5,8-9,13H2,1-2H3,(H,20,23). The third-order valence-electron chi connectivity index (χ3n) is 5.06. The van der Waals surface area contributed by atoms with Crippen molar-refractivity contribution in [3.8, 4) is 0 Å². The van der Waals surface area contributed by atoms with Crippen LogP contribution >= 0.6 is 11.3 Å². The molecule has 1 unspecified atom stereocenters. The minimum atomic E-state index is -0.359. The minimum absolute atomic E-state index is 0.0204. The molecule has 0 saturated heterocycles. The van der Waals surface area contributed by atoms with Gasteiger partial charge in [0.2, 0.25) is 5.91 Å². The Bertz CT molecular complexity index is 658. The number of thiophene rings is 1. The SMILES string of the molecule is CNC(C(=O)NCC1(c2cccs2)CCCCC1)c1cnn(C)c1. The first kappa shape index (κ1) is 17.2. The molecule has 2 aromatic heterocycles. The van der Waals surface area contributed by atoms with E-state index in [1.165, 1.54) is 24.1 Å². The van der Waals surface area contributed by atoms with Crippen molar-refractivity contribution in [1.29, 1.82) is 0 Å². The van der Waals surface area contributed by atoms with E-state index in [1.54, 1.807) is 10.9 Å². The summed E-state index contributed by atoms with van der Waals surface area (Å²) in [5.74, 6) is 0.0204. The van der Waals surface area contributed by atoms with Crippen molar-refractivity contribution in [3.63, 3.8) is 0 Å². The van der Waals surface area contributed by atoms with Crippen molar-refractivity contribution in [1.82, 2.24) is 20.4 Å². The van der Waals surface area contributed by atoms with Gasteiger partial charge in [-0.25, -0.2) is 0 Å². The molecule has 1 aliphatic carbocycles. The molecule has 24 heavy (non-hydrogen) atoms. The molecule has 2 heterocycles. The molecule has 1 aliphatic rings. The van der Waals surface area contributed by atoms with E-state index in [0.717, 1.165) is 18.4 Å². The molecule has 0 aromatic carbocycles. The molecule has 0 radical (unpaired) electrons. The van der Waals surface area contributed by atoms with Gasteiger partial charge in [-0.2, -0.15) is 5.10 Å². The number of rotatable bonds is 6. The van der Waals surface area contributed by atoms with Gasteiger partial charge in [-0.3, -0.25) is 9.48 Å². The highest BCUT2D eigenvalue weighted by atomic mass is 32.1. The van der Waals surface area contributed by atoms with Gasteiger partial charge in [0.05, 0.1) is 6.20 Å². The summed E-state index contributed by atoms with van der Waals surface area (Å²) >= 11 is 1.81. The first-order chi connectivity index (χ1) is 11.6. The van der Waals surface area contributed by atoms with Crippen LogP contribution in [0.15, 0.2) is 29.9 Å². The highest BCUT2D eigenvalue weighted by Crippen LogP contribution is 2.41. The number of aromatic nitrogens is 2. The molecule has 2 aromatic rings. The van der Waals surface area contributed by atoms with Gasteiger partial charge in [-0.15, -0.1) is 11.3 Å². The second kappa shape index (κ2) is 7.49. The molecule has 0 spiro atoms. The van der Waals surface area contributed by atoms with Crippen molar-refractivity contribution in [2.24, 2.45) is 7.05 Å². The predicted octanol–water partition coefficient (Wildman–Crippen LogP) is 2.76. The highest BCUT2D eigenvalue weighted by Gasteiger charge is 2.35. The van der Waals surface area contributed by atoms with Crippen LogP contribution in [-0.2, 0) is 17.3 Å². The maximum Gasteiger partial charge on any atom is 0.241 e. The maximum atomic E-state index is 12.7. The van der Waals surface area contributed by atoms with E-state index in [9.17, 15) is 4.79 Å². The molecule has 3 rings (SSSR count). The highest BCUT2D eigenvalue weighted by molar-refractivity contribution is 7.10. The van der Waals surface area contributed by atoms with Gasteiger partial charge in [-0.05, 0) is 31.3 Å². The Morgan fingerprint density at radius 1 is 1.42 bits per heavy atom. The van der Waals surface area contributed by atoms with E-state index in [2.05, 4.69) is 33.2 Å². The van der Waals surface area contributed by atoms with Crippen LogP contribution in [0.1, 0.15) is 48.6 Å². The molecule has 1 fully saturated rings. The Labute approximate surface area is 147 Å². The van der Waals surface area contributed by atoms with Crippen molar-refractivity contribution in [2.45, 2.75) is 43.6 Å². The largest absolute Gasteiger partial charge is 0.354 e. The van der Waals surface area contributed by atoms with Crippen molar-refractivity contribution >= 4 is 17.2 Å². The van der Waals surface area contributed by atoms with Crippen LogP contribution in [0, 0.1) is 0 Å². The van der Waals surface area contributed by atoms with Crippen LogP contribution in [0.25, 0.3) is 0 Å². The molecule has 5 nitrogen and oxygen atoms in total. The Morgan fingerprint density at radius 3 is 2.79 bits per heavy atom. The average Bonchev–Trinajstić information content (AvgIpc) is 3.27. The van der Waals surface area contributed by atoms with Gasteiger partial charge in [0, 0.05) is 35.6 Å². The number of hydrogen-bond donors (Lipinski definition) is 2. The quantitative estimate of drug-likeness (QED) is 0.845. The fourth-order valence-electron chi connectivity index (χ4n) is 3.72. The van der Waals surface area contributed by atoms with E-state index < -0.39 is 0 Å². The topological polar surface area (TPSA) is 59.0 Å². The number of amides is 1. The van der Waals surface area contributed by atoms with Gasteiger partial charge in [0.1, 0.15) is 6.04 Å². The summed E-state index contributed by atoms with van der Waals surface area (Å²) in [6, 6.07) is 3.98. The van der Waals surface area contributed by atoms with Crippen molar-refractivity contribution in [2.75, 3.05) is 13.6 Å². The lowest BCUT2D eigenvalue weighted by molar-refractivity contribution is -0.123. The molecule has 0 bridgehead atoms. The molecule has 1 atom stereocenters. The van der Waals surface area contributed by atoms with Crippen LogP contribution in [-0.4, -0.2) is 29.3 Å². The summed E-state index contributed by atoms with van der Waals surface area (Å²) in [7, 11) is 3.68. The second-order valence-corrected chi connectivity index (χ2v) is 7.65. The monoisotopic (exact) mass is 346 g/mol. The number of likely N-dealkylation sites (N-methyl/N-ethyl adjacent to an activating group) is 1. The van der Waals surface area contributed by atoms with Gasteiger partial charge in [0.15, 0.2) is 0 Å². The lowest BCUT2D eigenvalue weighted by Crippen LogP contribution is -2.45. The van der Waals surface area contributed by atoms with E-state index in [0.29, 0.717) is 6.54 Å². The van der Waals surface area contributed by atoms with Crippen LogP contribution in [0.2, 0.25) is 0 Å². The van der Waals surface area contributed by atoms with Crippen LogP contribution < -0.4 is 10.6 Å². The third kappa shape index (κ3) is 3.54.